The molecule has 0 amide bonds. The van der Waals surface area contributed by atoms with Crippen LogP contribution in [0.2, 0.25) is 0 Å². The monoisotopic (exact) mass is 570 g/mol. The molecule has 0 heterocycles. The number of phosphoric ester groups is 1. The molecule has 0 aliphatic heterocycles. The van der Waals surface area contributed by atoms with E-state index in [0.717, 1.165) is 32.1 Å². The Hall–Kier alpha value is -0.800. The molecule has 0 unspecified atom stereocenters. The number of unbranched alkanes of at least 4 members (excludes halogenated alkanes) is 5. The van der Waals surface area contributed by atoms with Crippen LogP contribution < -0.4 is 68.9 Å². The Bertz CT molecular complexity index is 1030. The number of rotatable bonds is 13. The van der Waals surface area contributed by atoms with Crippen molar-refractivity contribution in [1.82, 2.24) is 0 Å². The third-order valence-electron chi connectivity index (χ3n) is 3.58. The normalized spacial score (nSPS) is 9.22. The number of phosphoric acid groups is 1. The molecule has 0 bridgehead atoms. The maximum absolute atomic E-state index is 11.9. The molecule has 0 aliphatic rings. The summed E-state index contributed by atoms with van der Waals surface area (Å²) < 4.78 is 24.7. The van der Waals surface area contributed by atoms with Crippen LogP contribution in [0.4, 0.5) is 0 Å². The predicted octanol–water partition coefficient (Wildman–Crippen LogP) is -2.59. The number of esters is 2. The van der Waals surface area contributed by atoms with Crippen molar-refractivity contribution in [2.75, 3.05) is 13.2 Å². The Kier molecular flexibility index (Phi) is 33.8. The molecule has 0 aromatic rings. The van der Waals surface area contributed by atoms with Crippen LogP contribution in [-0.2, 0) is 28.2 Å². The number of carbonyl (C=O) groups is 2. The van der Waals surface area contributed by atoms with Crippen molar-refractivity contribution in [3.8, 4) is 59.2 Å². The fraction of sp³-hybridized carbons (Fsp3) is 0.500. The van der Waals surface area contributed by atoms with Crippen molar-refractivity contribution in [2.24, 2.45) is 0 Å². The molecular formula is C24H45Na2O8PS. The molecule has 0 fully saturated rings. The van der Waals surface area contributed by atoms with Gasteiger partial charge in [-0.25, -0.2) is 4.79 Å². The van der Waals surface area contributed by atoms with E-state index in [9.17, 15) is 23.9 Å². The predicted molar refractivity (Wildman–Crippen MR) is 146 cm³/mol. The molecule has 1 atom stereocenters. The van der Waals surface area contributed by atoms with Crippen LogP contribution in [0.5, 0.6) is 0 Å². The minimum atomic E-state index is -5.29. The van der Waals surface area contributed by atoms with Gasteiger partial charge in [0.05, 0.1) is 14.4 Å². The van der Waals surface area contributed by atoms with E-state index in [4.69, 9.17) is 9.47 Å². The Balaban J connectivity index is -0.0000000776. The quantitative estimate of drug-likeness (QED) is 0.0590. The van der Waals surface area contributed by atoms with Gasteiger partial charge < -0.3 is 28.3 Å². The Morgan fingerprint density at radius 1 is 0.861 bits per heavy atom. The van der Waals surface area contributed by atoms with Crippen molar-refractivity contribution >= 4 is 33.3 Å². The summed E-state index contributed by atoms with van der Waals surface area (Å²) in [6.45, 7) is 2.42. The van der Waals surface area contributed by atoms with Crippen LogP contribution in [0.15, 0.2) is 0 Å². The maximum Gasteiger partial charge on any atom is 1.00 e. The Morgan fingerprint density at radius 2 is 1.39 bits per heavy atom. The summed E-state index contributed by atoms with van der Waals surface area (Å²) in [5.74, 6) is 22.1. The SMILES string of the molecule is CC#CC#CC#CC#CC#CC(=O)OC[C@@H](COP(=O)([O-])[O-])OC(=O)CCCCCCCC.S.[HH].[HH].[HH].[HH].[HH].[HH].[HH].[HH].[HH].[Na+].[Na+]. The van der Waals surface area contributed by atoms with Gasteiger partial charge in [-0.15, -0.1) is 0 Å². The van der Waals surface area contributed by atoms with E-state index in [-0.39, 0.29) is 91.9 Å². The fourth-order valence-electron chi connectivity index (χ4n) is 2.12. The molecule has 202 valence electrons. The first-order chi connectivity index (χ1) is 15.8. The van der Waals surface area contributed by atoms with Gasteiger partial charge in [-0.3, -0.25) is 4.79 Å². The second-order valence-electron chi connectivity index (χ2n) is 6.35. The average Bonchev–Trinajstić information content (AvgIpc) is 2.76. The van der Waals surface area contributed by atoms with E-state index in [1.54, 1.807) is 6.92 Å². The molecule has 0 radical (unpaired) electrons. The van der Waals surface area contributed by atoms with Gasteiger partial charge in [-0.2, -0.15) is 13.5 Å². The van der Waals surface area contributed by atoms with Gasteiger partial charge in [-0.05, 0) is 60.7 Å². The van der Waals surface area contributed by atoms with Crippen LogP contribution in [0.25, 0.3) is 0 Å². The van der Waals surface area contributed by atoms with Crippen molar-refractivity contribution in [3.05, 3.63) is 0 Å². The van der Waals surface area contributed by atoms with Crippen LogP contribution in [0, 0.1) is 59.2 Å². The second-order valence-corrected chi connectivity index (χ2v) is 7.50. The number of hydrogen-bond acceptors (Lipinski definition) is 8. The van der Waals surface area contributed by atoms with Gasteiger partial charge in [0.25, 0.3) is 0 Å². The maximum atomic E-state index is 11.9. The van der Waals surface area contributed by atoms with Crippen molar-refractivity contribution < 1.29 is 110 Å². The average molecular weight is 571 g/mol. The summed E-state index contributed by atoms with van der Waals surface area (Å²) in [5.41, 5.74) is 0. The van der Waals surface area contributed by atoms with E-state index in [2.05, 4.69) is 70.7 Å². The first-order valence-corrected chi connectivity index (χ1v) is 11.7. The minimum Gasteiger partial charge on any atom is -0.790 e. The number of ether oxygens (including phenoxy) is 2. The fourth-order valence-corrected chi connectivity index (χ4v) is 2.47. The van der Waals surface area contributed by atoms with Crippen LogP contribution in [0.1, 0.15) is 71.6 Å². The van der Waals surface area contributed by atoms with Crippen molar-refractivity contribution in [3.63, 3.8) is 0 Å². The van der Waals surface area contributed by atoms with Crippen LogP contribution in [0.3, 0.4) is 0 Å². The van der Waals surface area contributed by atoms with Crippen LogP contribution >= 0.6 is 21.3 Å². The molecule has 12 heteroatoms. The van der Waals surface area contributed by atoms with E-state index in [1.165, 1.54) is 0 Å². The van der Waals surface area contributed by atoms with Crippen LogP contribution in [-0.4, -0.2) is 31.3 Å². The van der Waals surface area contributed by atoms with E-state index >= 15 is 0 Å². The molecule has 0 aromatic heterocycles. The van der Waals surface area contributed by atoms with Crippen molar-refractivity contribution in [2.45, 2.75) is 64.9 Å². The van der Waals surface area contributed by atoms with Gasteiger partial charge in [0.1, 0.15) is 6.61 Å². The zero-order valence-electron chi connectivity index (χ0n) is 21.2. The molecule has 0 saturated carbocycles. The summed E-state index contributed by atoms with van der Waals surface area (Å²) >= 11 is 0. The standard InChI is InChI=1S/C24H27O8P.2Na.H2S.9H2/c1-3-5-7-9-11-12-13-15-16-18-23(25)30-20-22(21-31-33(27,28)29)32-24(26)19-17-14-10-8-6-4-2;;;;;;;;;;;;/h22H,4,6,8,10,14,17,19-21H2,1-2H3,(H2,27,28,29);;;1H2;9*1H/q;2*+1;;;;;;;;;;/p-2/t22-;;;;;;;;;;;;/m0............/s1. The topological polar surface area (TPSA) is 125 Å². The van der Waals surface area contributed by atoms with Gasteiger partial charge in [-0.1, -0.05) is 44.9 Å². The summed E-state index contributed by atoms with van der Waals surface area (Å²) in [4.78, 5) is 45.0. The summed E-state index contributed by atoms with van der Waals surface area (Å²) in [5, 5.41) is 0. The Morgan fingerprint density at radius 3 is 1.94 bits per heavy atom. The third kappa shape index (κ3) is 31.2. The molecule has 8 nitrogen and oxygen atoms in total. The molecular weight excluding hydrogens is 525 g/mol. The summed E-state index contributed by atoms with van der Waals surface area (Å²) in [6, 6.07) is 0. The summed E-state index contributed by atoms with van der Waals surface area (Å²) in [6.07, 6.45) is 4.60. The second kappa shape index (κ2) is 28.8. The molecule has 0 aliphatic carbocycles. The minimum absolute atomic E-state index is 0. The molecule has 0 aromatic carbocycles. The van der Waals surface area contributed by atoms with E-state index in [1.807, 2.05) is 0 Å². The molecule has 0 N–H and O–H groups in total. The number of carbonyl (C=O) groups excluding carboxylic acids is 2. The first-order valence-electron chi connectivity index (χ1n) is 10.2. The van der Waals surface area contributed by atoms with Gasteiger partial charge in [0.2, 0.25) is 0 Å². The zero-order valence-corrected chi connectivity index (χ0v) is 27.0. The Labute approximate surface area is 278 Å². The van der Waals surface area contributed by atoms with E-state index < -0.39 is 39.1 Å². The smallest absolute Gasteiger partial charge is 0.790 e. The van der Waals surface area contributed by atoms with Gasteiger partial charge >= 0.3 is 71.1 Å². The third-order valence-corrected chi connectivity index (χ3v) is 4.04. The first kappa shape index (κ1) is 42.3. The molecule has 36 heavy (non-hydrogen) atoms. The number of hydrogen-bond donors (Lipinski definition) is 0. The summed E-state index contributed by atoms with van der Waals surface area (Å²) in [7, 11) is -5.29. The largest absolute Gasteiger partial charge is 1.00 e. The van der Waals surface area contributed by atoms with Crippen molar-refractivity contribution in [1.29, 1.82) is 0 Å². The van der Waals surface area contributed by atoms with E-state index in [0.29, 0.717) is 6.42 Å². The van der Waals surface area contributed by atoms with Gasteiger partial charge in [0, 0.05) is 25.2 Å². The zero-order chi connectivity index (χ0) is 24.8. The molecule has 0 saturated heterocycles. The van der Waals surface area contributed by atoms with Gasteiger partial charge in [0.15, 0.2) is 6.10 Å². The molecule has 0 spiro atoms. The molecule has 0 rings (SSSR count).